The molecule has 0 aliphatic heterocycles. The van der Waals surface area contributed by atoms with Crippen LogP contribution < -0.4 is 0 Å². The van der Waals surface area contributed by atoms with Crippen LogP contribution in [0.2, 0.25) is 0 Å². The van der Waals surface area contributed by atoms with E-state index in [0.717, 1.165) is 6.42 Å². The van der Waals surface area contributed by atoms with Gasteiger partial charge in [-0.3, -0.25) is 4.57 Å². The second kappa shape index (κ2) is 8.19. The summed E-state index contributed by atoms with van der Waals surface area (Å²) in [6.07, 6.45) is 0.800. The summed E-state index contributed by atoms with van der Waals surface area (Å²) in [6.45, 7) is 7.69. The summed E-state index contributed by atoms with van der Waals surface area (Å²) in [7, 11) is -2.21. The minimum absolute atomic E-state index is 0.00463. The summed E-state index contributed by atoms with van der Waals surface area (Å²) in [5, 5.41) is 0. The van der Waals surface area contributed by atoms with Crippen molar-refractivity contribution in [1.82, 2.24) is 0 Å². The molecule has 9 heavy (non-hydrogen) atoms. The highest BCUT2D eigenvalue weighted by Crippen LogP contribution is 2.23. The maximum Gasteiger partial charge on any atom is 0.191 e. The van der Waals surface area contributed by atoms with Crippen LogP contribution >= 0.6 is 8.03 Å². The molecule has 0 bridgehead atoms. The van der Waals surface area contributed by atoms with E-state index in [1.165, 1.54) is 0 Å². The second-order valence-corrected chi connectivity index (χ2v) is 3.31. The lowest BCUT2D eigenvalue weighted by Crippen LogP contribution is -1.89. The molecule has 3 heteroatoms. The van der Waals surface area contributed by atoms with Crippen molar-refractivity contribution in [3.8, 4) is 0 Å². The summed E-state index contributed by atoms with van der Waals surface area (Å²) in [4.78, 5) is 8.37. The van der Waals surface area contributed by atoms with Gasteiger partial charge in [-0.05, 0) is 6.42 Å². The minimum atomic E-state index is -2.21. The van der Waals surface area contributed by atoms with E-state index in [4.69, 9.17) is 4.89 Å². The molecule has 0 aliphatic carbocycles. The molecule has 2 atom stereocenters. The smallest absolute Gasteiger partial charge is 0.191 e. The zero-order valence-corrected chi connectivity index (χ0v) is 7.64. The van der Waals surface area contributed by atoms with Gasteiger partial charge in [0.1, 0.15) is 0 Å². The van der Waals surface area contributed by atoms with Crippen LogP contribution in [0.25, 0.3) is 0 Å². The minimum Gasteiger partial charge on any atom is -0.346 e. The van der Waals surface area contributed by atoms with Crippen molar-refractivity contribution in [3.05, 3.63) is 0 Å². The van der Waals surface area contributed by atoms with Gasteiger partial charge in [0.2, 0.25) is 0 Å². The van der Waals surface area contributed by atoms with Crippen LogP contribution in [0, 0.1) is 0 Å². The van der Waals surface area contributed by atoms with E-state index in [9.17, 15) is 4.57 Å². The predicted molar refractivity (Wildman–Crippen MR) is 42.3 cm³/mol. The van der Waals surface area contributed by atoms with Crippen molar-refractivity contribution >= 4 is 8.03 Å². The number of hydrogen-bond acceptors (Lipinski definition) is 1. The van der Waals surface area contributed by atoms with E-state index < -0.39 is 8.03 Å². The first-order valence-electron chi connectivity index (χ1n) is 3.41. The molecule has 0 aliphatic rings. The van der Waals surface area contributed by atoms with Gasteiger partial charge in [0.05, 0.1) is 0 Å². The summed E-state index contributed by atoms with van der Waals surface area (Å²) in [5.41, 5.74) is 0.00463. The normalized spacial score (nSPS) is 15.2. The van der Waals surface area contributed by atoms with Crippen LogP contribution in [0.4, 0.5) is 0 Å². The Balaban J connectivity index is 0. The molecule has 2 unspecified atom stereocenters. The third kappa shape index (κ3) is 8.19. The molecular weight excluding hydrogens is 135 g/mol. The van der Waals surface area contributed by atoms with Crippen molar-refractivity contribution in [1.29, 1.82) is 0 Å². The Kier molecular flexibility index (Phi) is 10.9. The van der Waals surface area contributed by atoms with Gasteiger partial charge in [0.25, 0.3) is 0 Å². The molecule has 0 saturated heterocycles. The Morgan fingerprint density at radius 1 is 1.56 bits per heavy atom. The standard InChI is InChI=1S/C4H11O2P.C2H6/c1-3-4(2)7(5)6;1-2/h4,7H,3H2,1-2H3,(H,5,6);1-2H3. The monoisotopic (exact) mass is 152 g/mol. The van der Waals surface area contributed by atoms with Crippen LogP contribution in [-0.4, -0.2) is 10.6 Å². The zero-order valence-electron chi connectivity index (χ0n) is 6.64. The third-order valence-corrected chi connectivity index (χ3v) is 2.29. The Morgan fingerprint density at radius 3 is 1.89 bits per heavy atom. The molecule has 0 radical (unpaired) electrons. The van der Waals surface area contributed by atoms with Gasteiger partial charge in [-0.25, -0.2) is 0 Å². The molecule has 1 N–H and O–H groups in total. The predicted octanol–water partition coefficient (Wildman–Crippen LogP) is 2.28. The molecule has 0 spiro atoms. The van der Waals surface area contributed by atoms with Crippen molar-refractivity contribution < 1.29 is 9.46 Å². The van der Waals surface area contributed by atoms with E-state index in [1.54, 1.807) is 6.92 Å². The van der Waals surface area contributed by atoms with Crippen LogP contribution in [0.3, 0.4) is 0 Å². The van der Waals surface area contributed by atoms with Crippen LogP contribution in [0.15, 0.2) is 0 Å². The van der Waals surface area contributed by atoms with Crippen molar-refractivity contribution in [2.45, 2.75) is 39.8 Å². The van der Waals surface area contributed by atoms with Crippen LogP contribution in [0.1, 0.15) is 34.1 Å². The van der Waals surface area contributed by atoms with Crippen molar-refractivity contribution in [2.24, 2.45) is 0 Å². The first kappa shape index (κ1) is 11.9. The highest BCUT2D eigenvalue weighted by atomic mass is 31.1. The van der Waals surface area contributed by atoms with Gasteiger partial charge in [-0.15, -0.1) is 0 Å². The van der Waals surface area contributed by atoms with Crippen LogP contribution in [0.5, 0.6) is 0 Å². The van der Waals surface area contributed by atoms with Crippen molar-refractivity contribution in [2.75, 3.05) is 0 Å². The topological polar surface area (TPSA) is 37.3 Å². The van der Waals surface area contributed by atoms with Crippen LogP contribution in [-0.2, 0) is 4.57 Å². The van der Waals surface area contributed by atoms with Gasteiger partial charge < -0.3 is 4.89 Å². The molecule has 0 aromatic rings. The SMILES string of the molecule is CC.CCC(C)[PH](=O)O. The van der Waals surface area contributed by atoms with E-state index in [2.05, 4.69) is 0 Å². The van der Waals surface area contributed by atoms with Gasteiger partial charge in [0.15, 0.2) is 8.03 Å². The van der Waals surface area contributed by atoms with E-state index >= 15 is 0 Å². The highest BCUT2D eigenvalue weighted by Gasteiger charge is 2.01. The molecule has 0 amide bonds. The molecule has 0 rings (SSSR count). The Morgan fingerprint density at radius 2 is 1.89 bits per heavy atom. The fourth-order valence-corrected chi connectivity index (χ4v) is 0.524. The quantitative estimate of drug-likeness (QED) is 0.616. The summed E-state index contributed by atoms with van der Waals surface area (Å²) in [6, 6.07) is 0. The number of hydrogen-bond donors (Lipinski definition) is 1. The maximum atomic E-state index is 10.1. The molecule has 2 nitrogen and oxygen atoms in total. The molecular formula is C6H17O2P. The molecule has 0 heterocycles. The van der Waals surface area contributed by atoms with Gasteiger partial charge >= 0.3 is 0 Å². The highest BCUT2D eigenvalue weighted by molar-refractivity contribution is 7.38. The Hall–Kier alpha value is 0.190. The van der Waals surface area contributed by atoms with E-state index in [-0.39, 0.29) is 5.66 Å². The first-order valence-corrected chi connectivity index (χ1v) is 4.84. The second-order valence-electron chi connectivity index (χ2n) is 1.65. The van der Waals surface area contributed by atoms with E-state index in [1.807, 2.05) is 20.8 Å². The zero-order chi connectivity index (χ0) is 7.86. The fraction of sp³-hybridized carbons (Fsp3) is 1.00. The lowest BCUT2D eigenvalue weighted by Gasteiger charge is -1.98. The fourth-order valence-electron chi connectivity index (χ4n) is 0.175. The molecule has 0 aromatic heterocycles. The average Bonchev–Trinajstić information content (AvgIpc) is 1.91. The maximum absolute atomic E-state index is 10.1. The molecule has 58 valence electrons. The summed E-state index contributed by atoms with van der Waals surface area (Å²) < 4.78 is 10.1. The molecule has 0 fully saturated rings. The molecule has 0 aromatic carbocycles. The van der Waals surface area contributed by atoms with Gasteiger partial charge in [-0.2, -0.15) is 0 Å². The molecule has 0 saturated carbocycles. The number of rotatable bonds is 2. The summed E-state index contributed by atoms with van der Waals surface area (Å²) in [5.74, 6) is 0. The first-order chi connectivity index (χ1) is 4.18. The summed E-state index contributed by atoms with van der Waals surface area (Å²) >= 11 is 0. The van der Waals surface area contributed by atoms with Gasteiger partial charge in [0, 0.05) is 5.66 Å². The largest absolute Gasteiger partial charge is 0.346 e. The lowest BCUT2D eigenvalue weighted by molar-refractivity contribution is 0.490. The van der Waals surface area contributed by atoms with Crippen molar-refractivity contribution in [3.63, 3.8) is 0 Å². The van der Waals surface area contributed by atoms with E-state index in [0.29, 0.717) is 0 Å². The third-order valence-electron chi connectivity index (χ3n) is 1.03. The average molecular weight is 152 g/mol. The Bertz CT molecular complexity index is 73.5. The lowest BCUT2D eigenvalue weighted by atomic mass is 10.4. The Labute approximate surface area is 58.2 Å². The van der Waals surface area contributed by atoms with Gasteiger partial charge in [-0.1, -0.05) is 27.7 Å².